The third kappa shape index (κ3) is 3.57. The number of furan rings is 1. The second-order valence-electron chi connectivity index (χ2n) is 6.91. The normalized spacial score (nSPS) is 17.0. The van der Waals surface area contributed by atoms with Gasteiger partial charge in [-0.15, -0.1) is 11.3 Å². The van der Waals surface area contributed by atoms with Gasteiger partial charge in [-0.25, -0.2) is 4.98 Å². The van der Waals surface area contributed by atoms with Crippen molar-refractivity contribution in [1.82, 2.24) is 19.8 Å². The quantitative estimate of drug-likeness (QED) is 0.723. The first kappa shape index (κ1) is 18.4. The van der Waals surface area contributed by atoms with Crippen LogP contribution in [0.4, 0.5) is 0 Å². The van der Waals surface area contributed by atoms with Crippen LogP contribution in [-0.2, 0) is 11.3 Å². The van der Waals surface area contributed by atoms with Crippen LogP contribution in [0.2, 0.25) is 0 Å². The van der Waals surface area contributed by atoms with Crippen LogP contribution in [0, 0.1) is 5.92 Å². The Morgan fingerprint density at radius 2 is 2.29 bits per heavy atom. The number of amides is 2. The molecule has 1 fully saturated rings. The number of carbonyl (C=O) groups is 2. The zero-order chi connectivity index (χ0) is 19.7. The van der Waals surface area contributed by atoms with Gasteiger partial charge in [-0.05, 0) is 36.4 Å². The lowest BCUT2D eigenvalue weighted by molar-refractivity contribution is -0.136. The molecule has 146 valence electrons. The molecule has 1 N–H and O–H groups in total. The highest BCUT2D eigenvalue weighted by Crippen LogP contribution is 2.21. The third-order valence-corrected chi connectivity index (χ3v) is 5.82. The minimum absolute atomic E-state index is 0.0648. The SMILES string of the molecule is CN(Cc1nc2ccsc2c(=O)[nH]1)C(=O)[C@@H]1CCCN(C(=O)c2ccco2)C1. The summed E-state index contributed by atoms with van der Waals surface area (Å²) in [5.74, 6) is 0.191. The summed E-state index contributed by atoms with van der Waals surface area (Å²) in [6.45, 7) is 1.18. The van der Waals surface area contributed by atoms with Gasteiger partial charge in [0.05, 0.1) is 24.2 Å². The predicted molar refractivity (Wildman–Crippen MR) is 104 cm³/mol. The topological polar surface area (TPSA) is 99.5 Å². The zero-order valence-electron chi connectivity index (χ0n) is 15.4. The Labute approximate surface area is 164 Å². The number of aromatic nitrogens is 2. The average Bonchev–Trinajstić information content (AvgIpc) is 3.39. The Hall–Kier alpha value is -2.94. The number of rotatable bonds is 4. The molecule has 28 heavy (non-hydrogen) atoms. The fourth-order valence-electron chi connectivity index (χ4n) is 3.53. The molecule has 2 amide bonds. The summed E-state index contributed by atoms with van der Waals surface area (Å²) in [7, 11) is 1.69. The highest BCUT2D eigenvalue weighted by atomic mass is 32.1. The minimum Gasteiger partial charge on any atom is -0.459 e. The van der Waals surface area contributed by atoms with Gasteiger partial charge in [0, 0.05) is 20.1 Å². The fraction of sp³-hybridized carbons (Fsp3) is 0.368. The molecular formula is C19H20N4O4S. The molecule has 0 saturated carbocycles. The van der Waals surface area contributed by atoms with Crippen molar-refractivity contribution >= 4 is 33.4 Å². The van der Waals surface area contributed by atoms with E-state index in [1.54, 1.807) is 35.0 Å². The second-order valence-corrected chi connectivity index (χ2v) is 7.83. The first-order valence-corrected chi connectivity index (χ1v) is 9.95. The van der Waals surface area contributed by atoms with E-state index in [0.29, 0.717) is 29.1 Å². The zero-order valence-corrected chi connectivity index (χ0v) is 16.2. The summed E-state index contributed by atoms with van der Waals surface area (Å²) < 4.78 is 5.76. The molecule has 0 unspecified atom stereocenters. The molecule has 1 atom stereocenters. The third-order valence-electron chi connectivity index (χ3n) is 4.92. The minimum atomic E-state index is -0.283. The van der Waals surface area contributed by atoms with Crippen LogP contribution in [0.1, 0.15) is 29.2 Å². The maximum atomic E-state index is 12.9. The second kappa shape index (κ2) is 7.59. The van der Waals surface area contributed by atoms with E-state index < -0.39 is 0 Å². The summed E-state index contributed by atoms with van der Waals surface area (Å²) >= 11 is 1.34. The van der Waals surface area contributed by atoms with E-state index in [0.717, 1.165) is 12.8 Å². The molecule has 8 nitrogen and oxygen atoms in total. The van der Waals surface area contributed by atoms with E-state index in [9.17, 15) is 14.4 Å². The number of nitrogens with zero attached hydrogens (tertiary/aromatic N) is 3. The molecule has 0 aliphatic carbocycles. The van der Waals surface area contributed by atoms with Gasteiger partial charge >= 0.3 is 0 Å². The van der Waals surface area contributed by atoms with Crippen molar-refractivity contribution in [3.63, 3.8) is 0 Å². The highest BCUT2D eigenvalue weighted by Gasteiger charge is 2.31. The fourth-order valence-corrected chi connectivity index (χ4v) is 4.26. The van der Waals surface area contributed by atoms with Gasteiger partial charge in [-0.1, -0.05) is 0 Å². The first-order valence-electron chi connectivity index (χ1n) is 9.07. The molecule has 0 spiro atoms. The molecule has 3 aromatic rings. The molecule has 4 rings (SSSR count). The van der Waals surface area contributed by atoms with Gasteiger partial charge in [0.1, 0.15) is 10.5 Å². The standard InChI is InChI=1S/C19H20N4O4S/c1-22(11-15-20-13-6-9-28-16(13)17(24)21-15)18(25)12-4-2-7-23(10-12)19(26)14-5-3-8-27-14/h3,5-6,8-9,12H,2,4,7,10-11H2,1H3,(H,20,21,24)/t12-/m1/s1. The summed E-state index contributed by atoms with van der Waals surface area (Å²) in [5.41, 5.74) is 0.446. The molecule has 0 bridgehead atoms. The number of likely N-dealkylation sites (tertiary alicyclic amines) is 1. The number of hydrogen-bond acceptors (Lipinski definition) is 6. The van der Waals surface area contributed by atoms with Gasteiger partial charge in [-0.3, -0.25) is 14.4 Å². The lowest BCUT2D eigenvalue weighted by Gasteiger charge is -2.33. The first-order chi connectivity index (χ1) is 13.5. The average molecular weight is 400 g/mol. The lowest BCUT2D eigenvalue weighted by atomic mass is 9.96. The van der Waals surface area contributed by atoms with E-state index in [2.05, 4.69) is 9.97 Å². The van der Waals surface area contributed by atoms with Crippen molar-refractivity contribution in [3.8, 4) is 0 Å². The van der Waals surface area contributed by atoms with E-state index in [-0.39, 0.29) is 35.6 Å². The number of H-pyrrole nitrogens is 1. The molecule has 9 heteroatoms. The van der Waals surface area contributed by atoms with Crippen molar-refractivity contribution in [1.29, 1.82) is 0 Å². The van der Waals surface area contributed by atoms with Gasteiger partial charge < -0.3 is 19.2 Å². The van der Waals surface area contributed by atoms with Crippen LogP contribution in [-0.4, -0.2) is 51.7 Å². The number of carbonyl (C=O) groups excluding carboxylic acids is 2. The van der Waals surface area contributed by atoms with Crippen LogP contribution in [0.25, 0.3) is 10.2 Å². The van der Waals surface area contributed by atoms with Crippen molar-refractivity contribution in [2.45, 2.75) is 19.4 Å². The Morgan fingerprint density at radius 3 is 3.07 bits per heavy atom. The van der Waals surface area contributed by atoms with Crippen LogP contribution in [0.5, 0.6) is 0 Å². The summed E-state index contributed by atoms with van der Waals surface area (Å²) in [6.07, 6.45) is 2.94. The molecule has 1 aliphatic heterocycles. The monoisotopic (exact) mass is 400 g/mol. The smallest absolute Gasteiger partial charge is 0.289 e. The van der Waals surface area contributed by atoms with Crippen LogP contribution >= 0.6 is 11.3 Å². The van der Waals surface area contributed by atoms with Crippen LogP contribution < -0.4 is 5.56 Å². The lowest BCUT2D eigenvalue weighted by Crippen LogP contribution is -2.45. The van der Waals surface area contributed by atoms with Gasteiger partial charge in [0.25, 0.3) is 11.5 Å². The number of thiophene rings is 1. The van der Waals surface area contributed by atoms with Gasteiger partial charge in [0.2, 0.25) is 5.91 Å². The predicted octanol–water partition coefficient (Wildman–Crippen LogP) is 2.09. The van der Waals surface area contributed by atoms with E-state index in [4.69, 9.17) is 4.42 Å². The molecule has 1 aliphatic rings. The van der Waals surface area contributed by atoms with Crippen molar-refractivity contribution < 1.29 is 14.0 Å². The maximum absolute atomic E-state index is 12.9. The van der Waals surface area contributed by atoms with Crippen molar-refractivity contribution in [3.05, 3.63) is 51.8 Å². The van der Waals surface area contributed by atoms with E-state index >= 15 is 0 Å². The Kier molecular flexibility index (Phi) is 4.99. The summed E-state index contributed by atoms with van der Waals surface area (Å²) in [4.78, 5) is 47.9. The molecular weight excluding hydrogens is 380 g/mol. The number of aromatic amines is 1. The number of nitrogens with one attached hydrogen (secondary N) is 1. The van der Waals surface area contributed by atoms with Crippen LogP contribution in [0.3, 0.4) is 0 Å². The molecule has 4 heterocycles. The largest absolute Gasteiger partial charge is 0.459 e. The van der Waals surface area contributed by atoms with Gasteiger partial charge in [0.15, 0.2) is 5.76 Å². The Morgan fingerprint density at radius 1 is 1.43 bits per heavy atom. The van der Waals surface area contributed by atoms with Gasteiger partial charge in [-0.2, -0.15) is 0 Å². The van der Waals surface area contributed by atoms with E-state index in [1.807, 2.05) is 5.38 Å². The highest BCUT2D eigenvalue weighted by molar-refractivity contribution is 7.17. The molecule has 0 radical (unpaired) electrons. The molecule has 3 aromatic heterocycles. The number of fused-ring (bicyclic) bond motifs is 1. The maximum Gasteiger partial charge on any atom is 0.289 e. The Balaban J connectivity index is 1.44. The number of hydrogen-bond donors (Lipinski definition) is 1. The number of piperidine rings is 1. The molecule has 0 aromatic carbocycles. The van der Waals surface area contributed by atoms with Crippen molar-refractivity contribution in [2.24, 2.45) is 5.92 Å². The Bertz CT molecular complexity index is 1060. The van der Waals surface area contributed by atoms with Crippen molar-refractivity contribution in [2.75, 3.05) is 20.1 Å². The van der Waals surface area contributed by atoms with Crippen LogP contribution in [0.15, 0.2) is 39.1 Å². The summed E-state index contributed by atoms with van der Waals surface area (Å²) in [5, 5.41) is 1.82. The molecule has 1 saturated heterocycles. The summed E-state index contributed by atoms with van der Waals surface area (Å²) in [6, 6.07) is 5.09. The van der Waals surface area contributed by atoms with E-state index in [1.165, 1.54) is 17.6 Å².